The van der Waals surface area contributed by atoms with Crippen LogP contribution in [0, 0.1) is 0 Å². The quantitative estimate of drug-likeness (QED) is 0.798. The fourth-order valence-corrected chi connectivity index (χ4v) is 2.35. The fourth-order valence-electron chi connectivity index (χ4n) is 2.22. The van der Waals surface area contributed by atoms with Gasteiger partial charge in [-0.3, -0.25) is 9.59 Å². The van der Waals surface area contributed by atoms with Gasteiger partial charge in [-0.05, 0) is 55.8 Å². The zero-order valence-corrected chi connectivity index (χ0v) is 15.0. The summed E-state index contributed by atoms with van der Waals surface area (Å²) in [5, 5.41) is 3.28. The molecule has 2 rings (SSSR count). The van der Waals surface area contributed by atoms with Gasteiger partial charge in [0.1, 0.15) is 12.4 Å². The Kier molecular flexibility index (Phi) is 6.83. The van der Waals surface area contributed by atoms with Crippen molar-refractivity contribution in [2.45, 2.75) is 20.5 Å². The van der Waals surface area contributed by atoms with Gasteiger partial charge in [-0.2, -0.15) is 0 Å². The summed E-state index contributed by atoms with van der Waals surface area (Å²) in [6.45, 7) is 5.09. The lowest BCUT2D eigenvalue weighted by Gasteiger charge is -2.17. The molecule has 0 atom stereocenters. The van der Waals surface area contributed by atoms with Crippen LogP contribution in [0.2, 0.25) is 5.02 Å². The first-order chi connectivity index (χ1) is 12.0. The molecule has 0 saturated carbocycles. The average Bonchev–Trinajstić information content (AvgIpc) is 2.63. The number of halogens is 1. The van der Waals surface area contributed by atoms with Crippen LogP contribution in [-0.2, 0) is 16.2 Å². The summed E-state index contributed by atoms with van der Waals surface area (Å²) in [6, 6.07) is 14.3. The third-order valence-electron chi connectivity index (χ3n) is 3.68. The lowest BCUT2D eigenvalue weighted by atomic mass is 10.2. The third kappa shape index (κ3) is 5.50. The molecule has 0 aliphatic carbocycles. The molecule has 2 aromatic rings. The van der Waals surface area contributed by atoms with Crippen molar-refractivity contribution in [2.24, 2.45) is 0 Å². The number of nitrogens with one attached hydrogen (secondary N) is 1. The third-order valence-corrected chi connectivity index (χ3v) is 3.93. The molecule has 0 radical (unpaired) electrons. The zero-order valence-electron chi connectivity index (χ0n) is 14.3. The van der Waals surface area contributed by atoms with Gasteiger partial charge in [-0.1, -0.05) is 23.7 Å². The fraction of sp³-hybridized carbons (Fsp3) is 0.263. The van der Waals surface area contributed by atoms with E-state index in [1.54, 1.807) is 24.3 Å². The second-order valence-corrected chi connectivity index (χ2v) is 5.81. The Hall–Kier alpha value is -2.53. The van der Waals surface area contributed by atoms with Crippen LogP contribution < -0.4 is 10.1 Å². The van der Waals surface area contributed by atoms with Crippen molar-refractivity contribution >= 4 is 29.1 Å². The van der Waals surface area contributed by atoms with E-state index < -0.39 is 11.8 Å². The largest absolute Gasteiger partial charge is 0.489 e. The molecule has 2 aromatic carbocycles. The zero-order chi connectivity index (χ0) is 18.2. The number of likely N-dealkylation sites (N-methyl/N-ethyl adjacent to an activating group) is 1. The Morgan fingerprint density at radius 1 is 1.00 bits per heavy atom. The lowest BCUT2D eigenvalue weighted by molar-refractivity contribution is -0.142. The van der Waals surface area contributed by atoms with Crippen LogP contribution >= 0.6 is 11.6 Å². The topological polar surface area (TPSA) is 58.6 Å². The maximum absolute atomic E-state index is 12.0. The molecule has 0 aliphatic rings. The Morgan fingerprint density at radius 3 is 2.16 bits per heavy atom. The highest BCUT2D eigenvalue weighted by atomic mass is 35.5. The van der Waals surface area contributed by atoms with Crippen molar-refractivity contribution in [1.29, 1.82) is 0 Å². The molecule has 5 nitrogen and oxygen atoms in total. The second kappa shape index (κ2) is 9.08. The molecular weight excluding hydrogens is 340 g/mol. The van der Waals surface area contributed by atoms with Crippen molar-refractivity contribution in [3.05, 3.63) is 59.1 Å². The van der Waals surface area contributed by atoms with Crippen molar-refractivity contribution in [1.82, 2.24) is 4.90 Å². The summed E-state index contributed by atoms with van der Waals surface area (Å²) in [5.41, 5.74) is 1.55. The molecule has 0 aromatic heterocycles. The van der Waals surface area contributed by atoms with Crippen LogP contribution in [-0.4, -0.2) is 29.8 Å². The number of anilines is 1. The van der Waals surface area contributed by atoms with Gasteiger partial charge in [0.05, 0.1) is 0 Å². The summed E-state index contributed by atoms with van der Waals surface area (Å²) >= 11 is 5.85. The maximum atomic E-state index is 12.0. The minimum atomic E-state index is -0.640. The molecule has 0 spiro atoms. The SMILES string of the molecule is CCN(CC)C(=O)C(=O)Nc1ccc(OCc2ccc(Cl)cc2)cc1. The van der Waals surface area contributed by atoms with Crippen molar-refractivity contribution in [3.63, 3.8) is 0 Å². The number of nitrogens with zero attached hydrogens (tertiary/aromatic N) is 1. The first kappa shape index (κ1) is 18.8. The number of rotatable bonds is 6. The van der Waals surface area contributed by atoms with E-state index in [1.165, 1.54) is 4.90 Å². The normalized spacial score (nSPS) is 10.2. The number of ether oxygens (including phenoxy) is 1. The Balaban J connectivity index is 1.90. The van der Waals surface area contributed by atoms with Crippen LogP contribution in [0.25, 0.3) is 0 Å². The highest BCUT2D eigenvalue weighted by Crippen LogP contribution is 2.18. The second-order valence-electron chi connectivity index (χ2n) is 5.37. The van der Waals surface area contributed by atoms with E-state index in [1.807, 2.05) is 38.1 Å². The highest BCUT2D eigenvalue weighted by Gasteiger charge is 2.19. The summed E-state index contributed by atoms with van der Waals surface area (Å²) in [6.07, 6.45) is 0. The van der Waals surface area contributed by atoms with Gasteiger partial charge in [-0.25, -0.2) is 0 Å². The van der Waals surface area contributed by atoms with Gasteiger partial charge in [0.2, 0.25) is 0 Å². The van der Waals surface area contributed by atoms with E-state index in [0.29, 0.717) is 36.2 Å². The number of carbonyl (C=O) groups is 2. The first-order valence-electron chi connectivity index (χ1n) is 8.11. The lowest BCUT2D eigenvalue weighted by Crippen LogP contribution is -2.39. The minimum Gasteiger partial charge on any atom is -0.489 e. The standard InChI is InChI=1S/C19H21ClN2O3/c1-3-22(4-2)19(24)18(23)21-16-9-11-17(12-10-16)25-13-14-5-7-15(20)8-6-14/h5-12H,3-4,13H2,1-2H3,(H,21,23). The molecule has 2 amide bonds. The summed E-state index contributed by atoms with van der Waals surface area (Å²) in [4.78, 5) is 25.4. The number of hydrogen-bond acceptors (Lipinski definition) is 3. The predicted octanol–water partition coefficient (Wildman–Crippen LogP) is 3.73. The highest BCUT2D eigenvalue weighted by molar-refractivity contribution is 6.39. The monoisotopic (exact) mass is 360 g/mol. The van der Waals surface area contributed by atoms with Crippen LogP contribution in [0.1, 0.15) is 19.4 Å². The van der Waals surface area contributed by atoms with Crippen LogP contribution in [0.3, 0.4) is 0 Å². The summed E-state index contributed by atoms with van der Waals surface area (Å²) < 4.78 is 5.68. The van der Waals surface area contributed by atoms with Gasteiger partial charge < -0.3 is 15.0 Å². The van der Waals surface area contributed by atoms with Crippen LogP contribution in [0.15, 0.2) is 48.5 Å². The smallest absolute Gasteiger partial charge is 0.313 e. The number of carbonyl (C=O) groups excluding carboxylic acids is 2. The van der Waals surface area contributed by atoms with Gasteiger partial charge in [0, 0.05) is 23.8 Å². The first-order valence-corrected chi connectivity index (χ1v) is 8.48. The molecule has 0 saturated heterocycles. The van der Waals surface area contributed by atoms with Gasteiger partial charge in [0.15, 0.2) is 0 Å². The molecule has 0 aliphatic heterocycles. The minimum absolute atomic E-state index is 0.420. The van der Waals surface area contributed by atoms with Crippen molar-refractivity contribution in [3.8, 4) is 5.75 Å². The molecule has 25 heavy (non-hydrogen) atoms. The molecule has 0 unspecified atom stereocenters. The van der Waals surface area contributed by atoms with Gasteiger partial charge >= 0.3 is 11.8 Å². The molecule has 0 heterocycles. The van der Waals surface area contributed by atoms with E-state index in [4.69, 9.17) is 16.3 Å². The molecule has 6 heteroatoms. The number of hydrogen-bond donors (Lipinski definition) is 1. The van der Waals surface area contributed by atoms with E-state index in [-0.39, 0.29) is 0 Å². The van der Waals surface area contributed by atoms with Crippen LogP contribution in [0.4, 0.5) is 5.69 Å². The van der Waals surface area contributed by atoms with E-state index >= 15 is 0 Å². The van der Waals surface area contributed by atoms with Crippen molar-refractivity contribution < 1.29 is 14.3 Å². The molecule has 0 bridgehead atoms. The predicted molar refractivity (Wildman–Crippen MR) is 98.8 cm³/mol. The van der Waals surface area contributed by atoms with E-state index in [0.717, 1.165) is 5.56 Å². The maximum Gasteiger partial charge on any atom is 0.313 e. The molecule has 0 fully saturated rings. The Labute approximate surface area is 152 Å². The molecule has 132 valence electrons. The Morgan fingerprint density at radius 2 is 1.60 bits per heavy atom. The van der Waals surface area contributed by atoms with Crippen molar-refractivity contribution in [2.75, 3.05) is 18.4 Å². The van der Waals surface area contributed by atoms with Crippen LogP contribution in [0.5, 0.6) is 5.75 Å². The average molecular weight is 361 g/mol. The van der Waals surface area contributed by atoms with Gasteiger partial charge in [-0.15, -0.1) is 0 Å². The number of amides is 2. The molecule has 1 N–H and O–H groups in total. The molecular formula is C19H21ClN2O3. The Bertz CT molecular complexity index is 710. The van der Waals surface area contributed by atoms with E-state index in [9.17, 15) is 9.59 Å². The van der Waals surface area contributed by atoms with Gasteiger partial charge in [0.25, 0.3) is 0 Å². The summed E-state index contributed by atoms with van der Waals surface area (Å²) in [5.74, 6) is -0.505. The number of benzene rings is 2. The summed E-state index contributed by atoms with van der Waals surface area (Å²) in [7, 11) is 0. The van der Waals surface area contributed by atoms with E-state index in [2.05, 4.69) is 5.32 Å².